The highest BCUT2D eigenvalue weighted by molar-refractivity contribution is 7.00. The van der Waals surface area contributed by atoms with Crippen molar-refractivity contribution in [1.29, 1.82) is 0 Å². The van der Waals surface area contributed by atoms with E-state index in [2.05, 4.69) is 456 Å². The fraction of sp³-hybridized carbons (Fsp3) is 0.0893. The fourth-order valence-corrected chi connectivity index (χ4v) is 20.5. The van der Waals surface area contributed by atoms with E-state index in [0.717, 1.165) is 62.0 Å². The van der Waals surface area contributed by atoms with Crippen molar-refractivity contribution in [2.45, 2.75) is 63.2 Å². The van der Waals surface area contributed by atoms with Crippen molar-refractivity contribution in [2.24, 2.45) is 0 Å². The predicted octanol–water partition coefficient (Wildman–Crippen LogP) is 26.9. The Morgan fingerprint density at radius 3 is 0.897 bits per heavy atom. The van der Waals surface area contributed by atoms with Gasteiger partial charge in [0, 0.05) is 44.6 Å². The predicted molar refractivity (Wildman–Crippen MR) is 489 cm³/mol. The minimum absolute atomic E-state index is 0.109. The summed E-state index contributed by atoms with van der Waals surface area (Å²) < 4.78 is 2.62. The zero-order chi connectivity index (χ0) is 77.8. The molecule has 0 radical (unpaired) electrons. The zero-order valence-electron chi connectivity index (χ0n) is 66.0. The number of hydrogen-bond acceptors (Lipinski definition) is 2. The number of aromatic nitrogens is 1. The van der Waals surface area contributed by atoms with Gasteiger partial charge in [0.1, 0.15) is 0 Å². The molecule has 0 bridgehead atoms. The fourth-order valence-electron chi connectivity index (χ4n) is 20.5. The first-order chi connectivity index (χ1) is 56.8. The van der Waals surface area contributed by atoms with Gasteiger partial charge in [0.15, 0.2) is 0 Å². The quantitative estimate of drug-likeness (QED) is 0.120. The van der Waals surface area contributed by atoms with Crippen LogP contribution in [0, 0.1) is 0 Å². The second-order valence-corrected chi connectivity index (χ2v) is 34.2. The van der Waals surface area contributed by atoms with Crippen molar-refractivity contribution in [3.63, 3.8) is 0 Å². The molecule has 22 rings (SSSR count). The Hall–Kier alpha value is -13.8. The van der Waals surface area contributed by atoms with Gasteiger partial charge in [0.05, 0.1) is 38.9 Å². The Morgan fingerprint density at radius 2 is 0.560 bits per heavy atom. The van der Waals surface area contributed by atoms with E-state index in [1.807, 2.05) is 0 Å². The van der Waals surface area contributed by atoms with Crippen LogP contribution in [-0.4, -0.2) is 11.3 Å². The third-order valence-corrected chi connectivity index (χ3v) is 25.8. The third-order valence-electron chi connectivity index (χ3n) is 25.8. The van der Waals surface area contributed by atoms with E-state index in [1.165, 1.54) is 138 Å². The first-order valence-electron chi connectivity index (χ1n) is 41.0. The highest BCUT2D eigenvalue weighted by atomic mass is 15.2. The van der Waals surface area contributed by atoms with Crippen LogP contribution >= 0.6 is 0 Å². The lowest BCUT2D eigenvalue weighted by molar-refractivity contribution is 0.590. The Bertz CT molecular complexity index is 6450. The van der Waals surface area contributed by atoms with Crippen molar-refractivity contribution in [3.05, 3.63) is 456 Å². The molecule has 2 aliphatic heterocycles. The number of fused-ring (bicyclic) bond motifs is 13. The standard InChI is InChI=1S/C112H84BN3/c1-109(2,3)85-57-63-98-88(69-85)89-70-86(110(4,5)6)58-64-99(89)114(98)87-71-104-108-105(72-87)116(103-52-32-50-95-107(103)91-66-78(74-35-17-8-18-36-74)54-60-93(91)112(95,83-45-27-13-28-46-83)84-47-29-14-30-48-84)101-62-56-80(76-39-21-10-22-40-76)68-97(101)113(108)96-67-79(75-37-19-9-20-38-75)55-61-100(96)115(104)102-51-31-49-94-106(102)90-65-77(73-33-15-7-16-34-73)53-59-92(90)111(94,81-41-23-11-24-42-81)82-43-25-12-26-44-82/h7-72H,1-6H3. The molecule has 0 fully saturated rings. The topological polar surface area (TPSA) is 11.4 Å². The minimum Gasteiger partial charge on any atom is -0.311 e. The monoisotopic (exact) mass is 1480 g/mol. The maximum absolute atomic E-state index is 2.73. The molecule has 0 saturated heterocycles. The minimum atomic E-state index is -0.721. The van der Waals surface area contributed by atoms with E-state index in [9.17, 15) is 0 Å². The van der Waals surface area contributed by atoms with E-state index >= 15 is 0 Å². The molecule has 1 aromatic heterocycles. The number of anilines is 6. The smallest absolute Gasteiger partial charge is 0.252 e. The van der Waals surface area contributed by atoms with E-state index in [0.29, 0.717) is 0 Å². The Morgan fingerprint density at radius 1 is 0.241 bits per heavy atom. The van der Waals surface area contributed by atoms with Crippen LogP contribution in [0.4, 0.5) is 34.1 Å². The summed E-state index contributed by atoms with van der Waals surface area (Å²) in [5.74, 6) is 0. The molecule has 116 heavy (non-hydrogen) atoms. The largest absolute Gasteiger partial charge is 0.311 e. The molecule has 0 amide bonds. The molecule has 0 saturated carbocycles. The van der Waals surface area contributed by atoms with Crippen LogP contribution in [0.3, 0.4) is 0 Å². The lowest BCUT2D eigenvalue weighted by atomic mass is 9.33. The van der Waals surface area contributed by atoms with Crippen LogP contribution in [0.15, 0.2) is 400 Å². The molecule has 550 valence electrons. The second kappa shape index (κ2) is 26.4. The van der Waals surface area contributed by atoms with Crippen LogP contribution < -0.4 is 26.2 Å². The number of hydrogen-bond donors (Lipinski definition) is 0. The number of nitrogens with zero attached hydrogens (tertiary/aromatic N) is 3. The number of benzene rings is 17. The summed E-state index contributed by atoms with van der Waals surface area (Å²) >= 11 is 0. The van der Waals surface area contributed by atoms with Crippen LogP contribution in [0.2, 0.25) is 0 Å². The normalized spacial score (nSPS) is 13.9. The lowest BCUT2D eigenvalue weighted by Crippen LogP contribution is -2.61. The van der Waals surface area contributed by atoms with Gasteiger partial charge in [0.2, 0.25) is 0 Å². The summed E-state index contributed by atoms with van der Waals surface area (Å²) in [5, 5.41) is 2.48. The molecule has 2 aliphatic carbocycles. The maximum atomic E-state index is 2.73. The molecule has 17 aromatic carbocycles. The van der Waals surface area contributed by atoms with E-state index < -0.39 is 10.8 Å². The maximum Gasteiger partial charge on any atom is 0.252 e. The van der Waals surface area contributed by atoms with Crippen molar-refractivity contribution in [2.75, 3.05) is 9.80 Å². The average Bonchev–Trinajstić information content (AvgIpc) is 1.41. The van der Waals surface area contributed by atoms with Crippen molar-refractivity contribution in [3.8, 4) is 72.4 Å². The van der Waals surface area contributed by atoms with Crippen molar-refractivity contribution in [1.82, 2.24) is 4.57 Å². The summed E-state index contributed by atoms with van der Waals surface area (Å²) in [7, 11) is 0. The highest BCUT2D eigenvalue weighted by Crippen LogP contribution is 2.64. The van der Waals surface area contributed by atoms with Gasteiger partial charge in [-0.05, 0) is 211 Å². The molecule has 4 heteroatoms. The summed E-state index contributed by atoms with van der Waals surface area (Å²) in [6.45, 7) is 13.8. The van der Waals surface area contributed by atoms with E-state index in [4.69, 9.17) is 0 Å². The van der Waals surface area contributed by atoms with E-state index in [-0.39, 0.29) is 17.5 Å². The Labute approximate surface area is 680 Å². The first kappa shape index (κ1) is 69.0. The molecule has 18 aromatic rings. The Balaban J connectivity index is 0.922. The molecule has 0 spiro atoms. The van der Waals surface area contributed by atoms with Crippen LogP contribution in [-0.2, 0) is 21.7 Å². The molecular formula is C112H84BN3. The SMILES string of the molecule is CC(C)(C)c1ccc2c(c1)c1cc(C(C)(C)C)ccc1n2-c1cc2c3c(c1)N(c1cccc4c1-c1cc(-c5ccccc5)ccc1C4(c1ccccc1)c1ccccc1)c1ccc(-c4ccccc4)cc1B3c1cc(-c3ccccc3)ccc1N2c1cccc2c1-c1cc(-c3ccccc3)ccc1C2(c1ccccc1)c1ccccc1. The first-order valence-corrected chi connectivity index (χ1v) is 41.0. The van der Waals surface area contributed by atoms with Gasteiger partial charge in [-0.15, -0.1) is 0 Å². The van der Waals surface area contributed by atoms with Crippen molar-refractivity contribution >= 4 is 79.0 Å². The molecular weight excluding hydrogens is 1400 g/mol. The molecule has 3 nitrogen and oxygen atoms in total. The summed E-state index contributed by atoms with van der Waals surface area (Å²) in [6, 6.07) is 153. The summed E-state index contributed by atoms with van der Waals surface area (Å²) in [4.78, 5) is 5.46. The highest BCUT2D eigenvalue weighted by Gasteiger charge is 2.52. The van der Waals surface area contributed by atoms with Gasteiger partial charge in [-0.1, -0.05) is 369 Å². The van der Waals surface area contributed by atoms with Gasteiger partial charge in [-0.25, -0.2) is 0 Å². The van der Waals surface area contributed by atoms with Crippen LogP contribution in [0.5, 0.6) is 0 Å². The average molecular weight is 1480 g/mol. The number of rotatable bonds is 11. The van der Waals surface area contributed by atoms with Gasteiger partial charge >= 0.3 is 0 Å². The second-order valence-electron chi connectivity index (χ2n) is 34.2. The lowest BCUT2D eigenvalue weighted by Gasteiger charge is -2.45. The van der Waals surface area contributed by atoms with Gasteiger partial charge in [-0.2, -0.15) is 0 Å². The molecule has 0 N–H and O–H groups in total. The molecule has 3 heterocycles. The zero-order valence-corrected chi connectivity index (χ0v) is 66.0. The van der Waals surface area contributed by atoms with Crippen molar-refractivity contribution < 1.29 is 0 Å². The molecule has 0 atom stereocenters. The Kier molecular flexibility index (Phi) is 15.7. The van der Waals surface area contributed by atoms with Gasteiger partial charge in [-0.3, -0.25) is 0 Å². The van der Waals surface area contributed by atoms with Gasteiger partial charge < -0.3 is 14.4 Å². The third kappa shape index (κ3) is 10.4. The van der Waals surface area contributed by atoms with Gasteiger partial charge in [0.25, 0.3) is 6.71 Å². The van der Waals surface area contributed by atoms with Crippen LogP contribution in [0.1, 0.15) is 97.2 Å². The summed E-state index contributed by atoms with van der Waals surface area (Å²) in [5.41, 5.74) is 38.7. The molecule has 0 unspecified atom stereocenters. The summed E-state index contributed by atoms with van der Waals surface area (Å²) in [6.07, 6.45) is 0. The van der Waals surface area contributed by atoms with Crippen LogP contribution in [0.25, 0.3) is 94.3 Å². The van der Waals surface area contributed by atoms with E-state index in [1.54, 1.807) is 0 Å². The molecule has 4 aliphatic rings.